The molecule has 7 heteroatoms. The van der Waals surface area contributed by atoms with Gasteiger partial charge in [0.15, 0.2) is 0 Å². The molecule has 0 bridgehead atoms. The first-order chi connectivity index (χ1) is 13.5. The number of aryl methyl sites for hydroxylation is 1. The van der Waals surface area contributed by atoms with Crippen molar-refractivity contribution in [2.45, 2.75) is 45.4 Å². The molecule has 1 saturated carbocycles. The molecule has 3 fully saturated rings. The number of hydrogen-bond donors (Lipinski definition) is 1. The molecule has 1 aromatic carbocycles. The van der Waals surface area contributed by atoms with Gasteiger partial charge in [-0.15, -0.1) is 0 Å². The van der Waals surface area contributed by atoms with Crippen LogP contribution in [-0.2, 0) is 19.2 Å². The molecule has 28 heavy (non-hydrogen) atoms. The lowest BCUT2D eigenvalue weighted by atomic mass is 9.81. The molecule has 0 spiro atoms. The third-order valence-electron chi connectivity index (χ3n) is 6.08. The van der Waals surface area contributed by atoms with E-state index in [1.165, 1.54) is 0 Å². The summed E-state index contributed by atoms with van der Waals surface area (Å²) in [5.74, 6) is -1.16. The van der Waals surface area contributed by atoms with E-state index >= 15 is 0 Å². The van der Waals surface area contributed by atoms with Crippen LogP contribution in [0.4, 0.5) is 11.4 Å². The van der Waals surface area contributed by atoms with Gasteiger partial charge in [0.1, 0.15) is 6.54 Å². The quantitative estimate of drug-likeness (QED) is 0.808. The summed E-state index contributed by atoms with van der Waals surface area (Å²) in [6.07, 6.45) is 4.83. The van der Waals surface area contributed by atoms with E-state index in [0.717, 1.165) is 48.3 Å². The molecule has 0 aromatic heterocycles. The minimum absolute atomic E-state index is 0.118. The first kappa shape index (κ1) is 18.7. The number of rotatable bonds is 4. The summed E-state index contributed by atoms with van der Waals surface area (Å²) in [5.41, 5.74) is 2.34. The van der Waals surface area contributed by atoms with Gasteiger partial charge in [0.25, 0.3) is 0 Å². The van der Waals surface area contributed by atoms with E-state index < -0.39 is 0 Å². The lowest BCUT2D eigenvalue weighted by molar-refractivity contribution is -0.142. The SMILES string of the molecule is Cc1cc(NC(=O)CN2C(=O)[C@@H]3CCCC[C@H]3C2=O)ccc1N1CCCC1=O. The predicted octanol–water partition coefficient (Wildman–Crippen LogP) is 2.24. The highest BCUT2D eigenvalue weighted by molar-refractivity contribution is 6.08. The molecule has 2 heterocycles. The van der Waals surface area contributed by atoms with Crippen LogP contribution in [0.25, 0.3) is 0 Å². The number of imide groups is 1. The van der Waals surface area contributed by atoms with Crippen LogP contribution in [-0.4, -0.2) is 41.6 Å². The first-order valence-corrected chi connectivity index (χ1v) is 10.0. The summed E-state index contributed by atoms with van der Waals surface area (Å²) in [6, 6.07) is 5.39. The van der Waals surface area contributed by atoms with Crippen LogP contribution in [0.3, 0.4) is 0 Å². The summed E-state index contributed by atoms with van der Waals surface area (Å²) in [7, 11) is 0. The number of fused-ring (bicyclic) bond motifs is 1. The fourth-order valence-corrected chi connectivity index (χ4v) is 4.67. The number of amides is 4. The number of benzene rings is 1. The second-order valence-electron chi connectivity index (χ2n) is 7.96. The zero-order chi connectivity index (χ0) is 19.8. The van der Waals surface area contributed by atoms with Crippen molar-refractivity contribution in [3.8, 4) is 0 Å². The molecule has 3 aliphatic rings. The molecule has 0 radical (unpaired) electrons. The molecular formula is C21H25N3O4. The first-order valence-electron chi connectivity index (χ1n) is 10.0. The third kappa shape index (κ3) is 3.30. The second-order valence-corrected chi connectivity index (χ2v) is 7.96. The van der Waals surface area contributed by atoms with Crippen molar-refractivity contribution in [3.05, 3.63) is 23.8 Å². The molecule has 1 N–H and O–H groups in total. The van der Waals surface area contributed by atoms with Crippen molar-refractivity contribution in [1.82, 2.24) is 4.90 Å². The number of carbonyl (C=O) groups is 4. The molecule has 7 nitrogen and oxygen atoms in total. The Hall–Kier alpha value is -2.70. The van der Waals surface area contributed by atoms with E-state index in [4.69, 9.17) is 0 Å². The van der Waals surface area contributed by atoms with E-state index in [9.17, 15) is 19.2 Å². The van der Waals surface area contributed by atoms with Crippen molar-refractivity contribution in [1.29, 1.82) is 0 Å². The molecule has 4 amide bonds. The Labute approximate surface area is 164 Å². The smallest absolute Gasteiger partial charge is 0.244 e. The maximum Gasteiger partial charge on any atom is 0.244 e. The molecule has 2 saturated heterocycles. The van der Waals surface area contributed by atoms with Crippen molar-refractivity contribution in [2.75, 3.05) is 23.3 Å². The lowest BCUT2D eigenvalue weighted by Crippen LogP contribution is -2.38. The van der Waals surface area contributed by atoms with Crippen LogP contribution in [0.2, 0.25) is 0 Å². The van der Waals surface area contributed by atoms with Gasteiger partial charge in [-0.2, -0.15) is 0 Å². The summed E-state index contributed by atoms with van der Waals surface area (Å²) in [6.45, 7) is 2.37. The number of anilines is 2. The molecular weight excluding hydrogens is 358 g/mol. The number of hydrogen-bond acceptors (Lipinski definition) is 4. The van der Waals surface area contributed by atoms with Gasteiger partial charge >= 0.3 is 0 Å². The normalized spacial score (nSPS) is 24.7. The zero-order valence-electron chi connectivity index (χ0n) is 16.1. The van der Waals surface area contributed by atoms with Crippen LogP contribution in [0, 0.1) is 18.8 Å². The summed E-state index contributed by atoms with van der Waals surface area (Å²) in [4.78, 5) is 52.3. The highest BCUT2D eigenvalue weighted by Crippen LogP contribution is 2.38. The van der Waals surface area contributed by atoms with Gasteiger partial charge in [-0.05, 0) is 49.9 Å². The number of nitrogens with zero attached hydrogens (tertiary/aromatic N) is 2. The maximum atomic E-state index is 12.5. The van der Waals surface area contributed by atoms with Gasteiger partial charge in [-0.1, -0.05) is 12.8 Å². The fourth-order valence-electron chi connectivity index (χ4n) is 4.67. The third-order valence-corrected chi connectivity index (χ3v) is 6.08. The standard InChI is InChI=1S/C21H25N3O4/c1-13-11-14(8-9-17(13)23-10-4-7-19(23)26)22-18(25)12-24-20(27)15-5-2-3-6-16(15)21(24)28/h8-9,11,15-16H,2-7,10,12H2,1H3,(H,22,25)/t15-,16-/m1/s1. The highest BCUT2D eigenvalue weighted by Gasteiger charge is 2.48. The largest absolute Gasteiger partial charge is 0.325 e. The summed E-state index contributed by atoms with van der Waals surface area (Å²) >= 11 is 0. The Morgan fingerprint density at radius 1 is 1.07 bits per heavy atom. The Balaban J connectivity index is 1.41. The Kier molecular flexibility index (Phi) is 4.91. The molecule has 4 rings (SSSR count). The number of nitrogens with one attached hydrogen (secondary N) is 1. The Morgan fingerprint density at radius 3 is 2.32 bits per heavy atom. The molecule has 1 aromatic rings. The molecule has 2 aliphatic heterocycles. The minimum atomic E-state index is -0.384. The monoisotopic (exact) mass is 383 g/mol. The predicted molar refractivity (Wildman–Crippen MR) is 104 cm³/mol. The van der Waals surface area contributed by atoms with Crippen molar-refractivity contribution >= 4 is 35.0 Å². The fraction of sp³-hybridized carbons (Fsp3) is 0.524. The zero-order valence-corrected chi connectivity index (χ0v) is 16.1. The molecule has 148 valence electrons. The summed E-state index contributed by atoms with van der Waals surface area (Å²) < 4.78 is 0. The van der Waals surface area contributed by atoms with E-state index in [-0.39, 0.29) is 42.0 Å². The molecule has 1 aliphatic carbocycles. The topological polar surface area (TPSA) is 86.8 Å². The van der Waals surface area contributed by atoms with Crippen molar-refractivity contribution in [3.63, 3.8) is 0 Å². The van der Waals surface area contributed by atoms with Crippen LogP contribution < -0.4 is 10.2 Å². The van der Waals surface area contributed by atoms with Crippen molar-refractivity contribution in [2.24, 2.45) is 11.8 Å². The molecule has 2 atom stereocenters. The van der Waals surface area contributed by atoms with E-state index in [0.29, 0.717) is 18.7 Å². The number of carbonyl (C=O) groups excluding carboxylic acids is 4. The van der Waals surface area contributed by atoms with Gasteiger partial charge in [-0.25, -0.2) is 0 Å². The highest BCUT2D eigenvalue weighted by atomic mass is 16.2. The molecule has 0 unspecified atom stereocenters. The van der Waals surface area contributed by atoms with Gasteiger partial charge in [0, 0.05) is 24.3 Å². The maximum absolute atomic E-state index is 12.5. The minimum Gasteiger partial charge on any atom is -0.325 e. The van der Waals surface area contributed by atoms with Gasteiger partial charge in [0.05, 0.1) is 11.8 Å². The van der Waals surface area contributed by atoms with Crippen LogP contribution in [0.15, 0.2) is 18.2 Å². The average molecular weight is 383 g/mol. The van der Waals surface area contributed by atoms with Crippen LogP contribution in [0.1, 0.15) is 44.1 Å². The van der Waals surface area contributed by atoms with Gasteiger partial charge in [0.2, 0.25) is 23.6 Å². The summed E-state index contributed by atoms with van der Waals surface area (Å²) in [5, 5.41) is 2.77. The van der Waals surface area contributed by atoms with Crippen molar-refractivity contribution < 1.29 is 19.2 Å². The van der Waals surface area contributed by atoms with E-state index in [1.54, 1.807) is 11.0 Å². The van der Waals surface area contributed by atoms with Gasteiger partial charge in [-0.3, -0.25) is 24.1 Å². The number of likely N-dealkylation sites (tertiary alicyclic amines) is 1. The van der Waals surface area contributed by atoms with E-state index in [1.807, 2.05) is 19.1 Å². The van der Waals surface area contributed by atoms with E-state index in [2.05, 4.69) is 5.32 Å². The lowest BCUT2D eigenvalue weighted by Gasteiger charge is -2.19. The van der Waals surface area contributed by atoms with Crippen LogP contribution >= 0.6 is 0 Å². The second kappa shape index (κ2) is 7.37. The van der Waals surface area contributed by atoms with Gasteiger partial charge < -0.3 is 10.2 Å². The van der Waals surface area contributed by atoms with Crippen LogP contribution in [0.5, 0.6) is 0 Å². The Bertz CT molecular complexity index is 826. The Morgan fingerprint density at radius 2 is 1.75 bits per heavy atom. The average Bonchev–Trinajstić information content (AvgIpc) is 3.19.